The highest BCUT2D eigenvalue weighted by Gasteiger charge is 2.34. The molecule has 0 amide bonds. The molecular formula is C24H34O. The van der Waals surface area contributed by atoms with Gasteiger partial charge in [-0.25, -0.2) is 0 Å². The van der Waals surface area contributed by atoms with E-state index in [9.17, 15) is 0 Å². The molecule has 0 fully saturated rings. The molecule has 0 heterocycles. The molecule has 0 saturated carbocycles. The fourth-order valence-corrected chi connectivity index (χ4v) is 3.43. The third-order valence-electron chi connectivity index (χ3n) is 4.45. The summed E-state index contributed by atoms with van der Waals surface area (Å²) in [5.74, 6) is 1.85. The second-order valence-corrected chi connectivity index (χ2v) is 10.0. The second-order valence-electron chi connectivity index (χ2n) is 10.0. The maximum Gasteiger partial charge on any atom is 0.131 e. The van der Waals surface area contributed by atoms with Crippen molar-refractivity contribution in [2.24, 2.45) is 0 Å². The van der Waals surface area contributed by atoms with Gasteiger partial charge in [-0.3, -0.25) is 0 Å². The predicted molar refractivity (Wildman–Crippen MR) is 109 cm³/mol. The van der Waals surface area contributed by atoms with E-state index in [1.54, 1.807) is 0 Å². The Morgan fingerprint density at radius 2 is 1.08 bits per heavy atom. The topological polar surface area (TPSA) is 9.23 Å². The first-order valence-corrected chi connectivity index (χ1v) is 9.23. The van der Waals surface area contributed by atoms with Gasteiger partial charge in [0.25, 0.3) is 0 Å². The first-order valence-electron chi connectivity index (χ1n) is 9.23. The van der Waals surface area contributed by atoms with Crippen molar-refractivity contribution >= 4 is 0 Å². The fourth-order valence-electron chi connectivity index (χ4n) is 3.43. The van der Waals surface area contributed by atoms with Crippen LogP contribution in [0.1, 0.15) is 79.0 Å². The normalized spacial score (nSPS) is 13.0. The van der Waals surface area contributed by atoms with Gasteiger partial charge in [0, 0.05) is 5.56 Å². The van der Waals surface area contributed by atoms with Gasteiger partial charge in [0.15, 0.2) is 0 Å². The summed E-state index contributed by atoms with van der Waals surface area (Å²) in [6.45, 7) is 20.6. The summed E-state index contributed by atoms with van der Waals surface area (Å²) in [5.41, 5.74) is 4.27. The molecule has 0 aliphatic rings. The molecule has 0 saturated heterocycles. The third-order valence-corrected chi connectivity index (χ3v) is 4.45. The lowest BCUT2D eigenvalue weighted by molar-refractivity contribution is 0.436. The van der Waals surface area contributed by atoms with E-state index in [-0.39, 0.29) is 16.2 Å². The zero-order valence-electron chi connectivity index (χ0n) is 17.4. The monoisotopic (exact) mass is 338 g/mol. The minimum absolute atomic E-state index is 0.00597. The van der Waals surface area contributed by atoms with E-state index in [0.29, 0.717) is 0 Å². The van der Waals surface area contributed by atoms with Crippen LogP contribution in [-0.4, -0.2) is 0 Å². The van der Waals surface area contributed by atoms with Crippen molar-refractivity contribution in [2.45, 2.75) is 78.6 Å². The predicted octanol–water partition coefficient (Wildman–Crippen LogP) is 7.37. The van der Waals surface area contributed by atoms with Gasteiger partial charge in [0.2, 0.25) is 0 Å². The van der Waals surface area contributed by atoms with Crippen LogP contribution in [0, 0.1) is 0 Å². The van der Waals surface area contributed by atoms with Crippen LogP contribution >= 0.6 is 0 Å². The first-order chi connectivity index (χ1) is 11.3. The molecule has 0 aromatic heterocycles. The number of para-hydroxylation sites is 1. The quantitative estimate of drug-likeness (QED) is 0.555. The summed E-state index contributed by atoms with van der Waals surface area (Å²) in [5, 5.41) is 0. The van der Waals surface area contributed by atoms with Crippen LogP contribution in [0.15, 0.2) is 42.5 Å². The van der Waals surface area contributed by atoms with E-state index in [0.717, 1.165) is 11.5 Å². The molecule has 0 aliphatic carbocycles. The van der Waals surface area contributed by atoms with Gasteiger partial charge in [-0.15, -0.1) is 0 Å². The zero-order chi connectivity index (χ0) is 19.0. The number of hydrogen-bond donors (Lipinski definition) is 0. The molecule has 2 rings (SSSR count). The number of ether oxygens (including phenoxy) is 1. The highest BCUT2D eigenvalue weighted by atomic mass is 16.5. The second kappa shape index (κ2) is 6.52. The highest BCUT2D eigenvalue weighted by molar-refractivity contribution is 5.54. The lowest BCUT2D eigenvalue weighted by Crippen LogP contribution is -2.28. The number of rotatable bonds is 2. The van der Waals surface area contributed by atoms with Gasteiger partial charge >= 0.3 is 0 Å². The van der Waals surface area contributed by atoms with E-state index < -0.39 is 0 Å². The Hall–Kier alpha value is -1.76. The van der Waals surface area contributed by atoms with E-state index in [4.69, 9.17) is 4.74 Å². The minimum Gasteiger partial charge on any atom is -0.457 e. The molecule has 0 bridgehead atoms. The van der Waals surface area contributed by atoms with Gasteiger partial charge in [0.05, 0.1) is 0 Å². The van der Waals surface area contributed by atoms with Gasteiger partial charge in [-0.1, -0.05) is 86.6 Å². The van der Waals surface area contributed by atoms with Crippen molar-refractivity contribution in [1.82, 2.24) is 0 Å². The third kappa shape index (κ3) is 4.45. The molecule has 0 N–H and O–H groups in total. The molecule has 1 heteroatoms. The Kier molecular flexibility index (Phi) is 5.10. The number of benzene rings is 2. The smallest absolute Gasteiger partial charge is 0.131 e. The maximum absolute atomic E-state index is 6.34. The molecular weight excluding hydrogens is 304 g/mol. The van der Waals surface area contributed by atoms with Crippen molar-refractivity contribution in [3.8, 4) is 11.5 Å². The van der Waals surface area contributed by atoms with Crippen LogP contribution in [0.4, 0.5) is 0 Å². The average molecular weight is 339 g/mol. The Morgan fingerprint density at radius 3 is 1.52 bits per heavy atom. The van der Waals surface area contributed by atoms with E-state index in [1.807, 2.05) is 30.3 Å². The van der Waals surface area contributed by atoms with E-state index >= 15 is 0 Å². The van der Waals surface area contributed by atoms with E-state index in [2.05, 4.69) is 74.4 Å². The summed E-state index contributed by atoms with van der Waals surface area (Å²) in [6, 6.07) is 14.5. The van der Waals surface area contributed by atoms with Gasteiger partial charge in [0.1, 0.15) is 11.5 Å². The van der Waals surface area contributed by atoms with Crippen LogP contribution in [0.2, 0.25) is 0 Å². The van der Waals surface area contributed by atoms with E-state index in [1.165, 1.54) is 16.7 Å². The lowest BCUT2D eigenvalue weighted by Gasteiger charge is -2.37. The molecule has 136 valence electrons. The van der Waals surface area contributed by atoms with Crippen LogP contribution < -0.4 is 4.74 Å². The first kappa shape index (κ1) is 19.6. The minimum atomic E-state index is -0.00597. The lowest BCUT2D eigenvalue weighted by atomic mass is 9.68. The standard InChI is InChI=1S/C24H34O/c1-22(2,3)18-15-16-19(25-17-13-11-10-12-14-17)21(24(7,8)9)20(18)23(4,5)6/h10-16H,1-9H3. The molecule has 2 aromatic carbocycles. The fraction of sp³-hybridized carbons (Fsp3) is 0.500. The maximum atomic E-state index is 6.34. The molecule has 1 nitrogen and oxygen atoms in total. The molecule has 0 aliphatic heterocycles. The largest absolute Gasteiger partial charge is 0.457 e. The van der Waals surface area contributed by atoms with Crippen LogP contribution in [0.3, 0.4) is 0 Å². The highest BCUT2D eigenvalue weighted by Crippen LogP contribution is 2.45. The Bertz CT molecular complexity index is 720. The van der Waals surface area contributed by atoms with Crippen LogP contribution in [0.5, 0.6) is 11.5 Å². The Balaban J connectivity index is 2.78. The van der Waals surface area contributed by atoms with Crippen molar-refractivity contribution in [3.05, 3.63) is 59.2 Å². The molecule has 2 aromatic rings. The molecule has 0 radical (unpaired) electrons. The SMILES string of the molecule is CC(C)(C)c1ccc(Oc2ccccc2)c(C(C)(C)C)c1C(C)(C)C. The van der Waals surface area contributed by atoms with Crippen LogP contribution in [0.25, 0.3) is 0 Å². The van der Waals surface area contributed by atoms with Crippen molar-refractivity contribution in [1.29, 1.82) is 0 Å². The molecule has 25 heavy (non-hydrogen) atoms. The Morgan fingerprint density at radius 1 is 0.560 bits per heavy atom. The van der Waals surface area contributed by atoms with Gasteiger partial charge in [-0.05, 0) is 45.6 Å². The summed E-state index contributed by atoms with van der Waals surface area (Å²) in [7, 11) is 0. The average Bonchev–Trinajstić information content (AvgIpc) is 2.44. The Labute approximate surface area is 154 Å². The van der Waals surface area contributed by atoms with Crippen molar-refractivity contribution in [3.63, 3.8) is 0 Å². The van der Waals surface area contributed by atoms with Crippen molar-refractivity contribution < 1.29 is 4.74 Å². The number of hydrogen-bond acceptors (Lipinski definition) is 1. The van der Waals surface area contributed by atoms with Crippen LogP contribution in [-0.2, 0) is 16.2 Å². The molecule has 0 atom stereocenters. The molecule has 0 unspecified atom stereocenters. The summed E-state index contributed by atoms with van der Waals surface area (Å²) < 4.78 is 6.34. The summed E-state index contributed by atoms with van der Waals surface area (Å²) in [4.78, 5) is 0. The zero-order valence-corrected chi connectivity index (χ0v) is 17.4. The summed E-state index contributed by atoms with van der Waals surface area (Å²) in [6.07, 6.45) is 0. The molecule has 0 spiro atoms. The summed E-state index contributed by atoms with van der Waals surface area (Å²) >= 11 is 0. The van der Waals surface area contributed by atoms with Gasteiger partial charge in [-0.2, -0.15) is 0 Å². The van der Waals surface area contributed by atoms with Crippen molar-refractivity contribution in [2.75, 3.05) is 0 Å². The van der Waals surface area contributed by atoms with Gasteiger partial charge < -0.3 is 4.74 Å².